The van der Waals surface area contributed by atoms with Gasteiger partial charge in [0.15, 0.2) is 6.61 Å². The lowest BCUT2D eigenvalue weighted by Gasteiger charge is -2.15. The Hall–Kier alpha value is -1.84. The summed E-state index contributed by atoms with van der Waals surface area (Å²) in [4.78, 5) is 22.7. The monoisotopic (exact) mass is 236 g/mol. The molecule has 0 heterocycles. The summed E-state index contributed by atoms with van der Waals surface area (Å²) < 4.78 is 9.79. The molecule has 0 aliphatic heterocycles. The van der Waals surface area contributed by atoms with Crippen LogP contribution >= 0.6 is 0 Å². The van der Waals surface area contributed by atoms with Crippen molar-refractivity contribution >= 4 is 11.9 Å². The molecule has 4 heteroatoms. The molecule has 0 amide bonds. The number of para-hydroxylation sites is 1. The Bertz CT molecular complexity index is 390. The number of rotatable bonds is 3. The van der Waals surface area contributed by atoms with Gasteiger partial charge in [-0.2, -0.15) is 0 Å². The maximum absolute atomic E-state index is 11.4. The standard InChI is InChI=1S/C13H16O4/c1-13(2,3)12(15)16-9-11(14)17-10-7-5-4-6-8-10/h4-8H,9H2,1-3H3. The van der Waals surface area contributed by atoms with Crippen LogP contribution in [0.25, 0.3) is 0 Å². The summed E-state index contributed by atoms with van der Waals surface area (Å²) in [6.07, 6.45) is 0. The molecule has 0 fully saturated rings. The van der Waals surface area contributed by atoms with Gasteiger partial charge >= 0.3 is 11.9 Å². The van der Waals surface area contributed by atoms with E-state index >= 15 is 0 Å². The number of ether oxygens (including phenoxy) is 2. The van der Waals surface area contributed by atoms with E-state index in [9.17, 15) is 9.59 Å². The summed E-state index contributed by atoms with van der Waals surface area (Å²) >= 11 is 0. The lowest BCUT2D eigenvalue weighted by Crippen LogP contribution is -2.27. The molecule has 0 spiro atoms. The number of benzene rings is 1. The number of carbonyl (C=O) groups is 2. The Morgan fingerprint density at radius 1 is 1.12 bits per heavy atom. The minimum Gasteiger partial charge on any atom is -0.453 e. The van der Waals surface area contributed by atoms with Crippen LogP contribution < -0.4 is 4.74 Å². The zero-order chi connectivity index (χ0) is 12.9. The molecule has 0 radical (unpaired) electrons. The highest BCUT2D eigenvalue weighted by molar-refractivity contribution is 5.80. The maximum Gasteiger partial charge on any atom is 0.349 e. The molecule has 0 saturated carbocycles. The van der Waals surface area contributed by atoms with Gasteiger partial charge in [0, 0.05) is 0 Å². The molecule has 0 N–H and O–H groups in total. The Labute approximate surface area is 101 Å². The number of esters is 2. The van der Waals surface area contributed by atoms with E-state index in [0.29, 0.717) is 5.75 Å². The van der Waals surface area contributed by atoms with Crippen molar-refractivity contribution in [2.24, 2.45) is 5.41 Å². The van der Waals surface area contributed by atoms with Gasteiger partial charge in [-0.1, -0.05) is 18.2 Å². The number of hydrogen-bond donors (Lipinski definition) is 0. The predicted molar refractivity (Wildman–Crippen MR) is 62.5 cm³/mol. The SMILES string of the molecule is CC(C)(C)C(=O)OCC(=O)Oc1ccccc1. The van der Waals surface area contributed by atoms with Crippen molar-refractivity contribution in [1.82, 2.24) is 0 Å². The van der Waals surface area contributed by atoms with Crippen molar-refractivity contribution in [2.45, 2.75) is 20.8 Å². The van der Waals surface area contributed by atoms with Crippen LogP contribution in [0.1, 0.15) is 20.8 Å². The Balaban J connectivity index is 2.39. The zero-order valence-electron chi connectivity index (χ0n) is 10.2. The van der Waals surface area contributed by atoms with Crippen LogP contribution in [0.3, 0.4) is 0 Å². The summed E-state index contributed by atoms with van der Waals surface area (Å²) in [5.41, 5.74) is -0.618. The third kappa shape index (κ3) is 4.68. The average Bonchev–Trinajstić information content (AvgIpc) is 2.26. The van der Waals surface area contributed by atoms with E-state index < -0.39 is 17.4 Å². The van der Waals surface area contributed by atoms with Crippen molar-refractivity contribution in [1.29, 1.82) is 0 Å². The average molecular weight is 236 g/mol. The first-order chi connectivity index (χ1) is 7.89. The molecule has 17 heavy (non-hydrogen) atoms. The smallest absolute Gasteiger partial charge is 0.349 e. The quantitative estimate of drug-likeness (QED) is 0.596. The van der Waals surface area contributed by atoms with Gasteiger partial charge in [-0.25, -0.2) is 4.79 Å². The van der Waals surface area contributed by atoms with E-state index in [-0.39, 0.29) is 6.61 Å². The highest BCUT2D eigenvalue weighted by atomic mass is 16.6. The van der Waals surface area contributed by atoms with Crippen LogP contribution in [0, 0.1) is 5.41 Å². The highest BCUT2D eigenvalue weighted by Gasteiger charge is 2.24. The first-order valence-corrected chi connectivity index (χ1v) is 5.32. The van der Waals surface area contributed by atoms with Crippen LogP contribution in [-0.2, 0) is 14.3 Å². The van der Waals surface area contributed by atoms with Crippen LogP contribution in [-0.4, -0.2) is 18.5 Å². The highest BCUT2D eigenvalue weighted by Crippen LogP contribution is 2.15. The molecule has 1 aromatic carbocycles. The van der Waals surface area contributed by atoms with E-state index in [4.69, 9.17) is 9.47 Å². The summed E-state index contributed by atoms with van der Waals surface area (Å²) in [5, 5.41) is 0. The Kier molecular flexibility index (Phi) is 4.26. The number of carbonyl (C=O) groups excluding carboxylic acids is 2. The van der Waals surface area contributed by atoms with Gasteiger partial charge in [0.1, 0.15) is 5.75 Å². The fraction of sp³-hybridized carbons (Fsp3) is 0.385. The molecule has 92 valence electrons. The molecule has 0 saturated heterocycles. The maximum atomic E-state index is 11.4. The fourth-order valence-corrected chi connectivity index (χ4v) is 0.990. The molecule has 0 bridgehead atoms. The van der Waals surface area contributed by atoms with Crippen LogP contribution in [0.5, 0.6) is 5.75 Å². The fourth-order valence-electron chi connectivity index (χ4n) is 0.990. The molecule has 0 atom stereocenters. The van der Waals surface area contributed by atoms with Gasteiger partial charge < -0.3 is 9.47 Å². The van der Waals surface area contributed by atoms with Crippen molar-refractivity contribution in [3.8, 4) is 5.75 Å². The Morgan fingerprint density at radius 3 is 2.24 bits per heavy atom. The van der Waals surface area contributed by atoms with Gasteiger partial charge in [0.25, 0.3) is 0 Å². The molecule has 0 unspecified atom stereocenters. The molecule has 0 aliphatic rings. The van der Waals surface area contributed by atoms with Gasteiger partial charge in [-0.3, -0.25) is 4.79 Å². The van der Waals surface area contributed by atoms with E-state index in [1.165, 1.54) is 0 Å². The van der Waals surface area contributed by atoms with E-state index in [1.54, 1.807) is 45.0 Å². The second-order valence-electron chi connectivity index (χ2n) is 4.61. The molecule has 0 aliphatic carbocycles. The normalized spacial score (nSPS) is 10.8. The van der Waals surface area contributed by atoms with Crippen molar-refractivity contribution < 1.29 is 19.1 Å². The van der Waals surface area contributed by atoms with E-state index in [1.807, 2.05) is 6.07 Å². The molecule has 1 rings (SSSR count). The minimum absolute atomic E-state index is 0.370. The van der Waals surface area contributed by atoms with Crippen LogP contribution in [0.4, 0.5) is 0 Å². The second kappa shape index (κ2) is 5.48. The molecule has 0 aromatic heterocycles. The first kappa shape index (κ1) is 13.2. The third-order valence-corrected chi connectivity index (χ3v) is 1.91. The van der Waals surface area contributed by atoms with Crippen molar-refractivity contribution in [2.75, 3.05) is 6.61 Å². The first-order valence-electron chi connectivity index (χ1n) is 5.32. The number of hydrogen-bond acceptors (Lipinski definition) is 4. The molecular formula is C13H16O4. The summed E-state index contributed by atoms with van der Waals surface area (Å²) in [6, 6.07) is 8.64. The van der Waals surface area contributed by atoms with Crippen LogP contribution in [0.2, 0.25) is 0 Å². The Morgan fingerprint density at radius 2 is 1.71 bits per heavy atom. The summed E-state index contributed by atoms with van der Waals surface area (Å²) in [5.74, 6) is -0.583. The van der Waals surface area contributed by atoms with Crippen LogP contribution in [0.15, 0.2) is 30.3 Å². The molecule has 1 aromatic rings. The summed E-state index contributed by atoms with van der Waals surface area (Å²) in [6.45, 7) is 4.79. The van der Waals surface area contributed by atoms with Gasteiger partial charge in [-0.15, -0.1) is 0 Å². The van der Waals surface area contributed by atoms with Gasteiger partial charge in [0.05, 0.1) is 5.41 Å². The van der Waals surface area contributed by atoms with Crippen molar-refractivity contribution in [3.05, 3.63) is 30.3 Å². The second-order valence-corrected chi connectivity index (χ2v) is 4.61. The summed E-state index contributed by atoms with van der Waals surface area (Å²) in [7, 11) is 0. The molecule has 4 nitrogen and oxygen atoms in total. The topological polar surface area (TPSA) is 52.6 Å². The predicted octanol–water partition coefficient (Wildman–Crippen LogP) is 2.18. The lowest BCUT2D eigenvalue weighted by atomic mass is 9.97. The van der Waals surface area contributed by atoms with Gasteiger partial charge in [0.2, 0.25) is 0 Å². The van der Waals surface area contributed by atoms with E-state index in [2.05, 4.69) is 0 Å². The third-order valence-electron chi connectivity index (χ3n) is 1.91. The minimum atomic E-state index is -0.618. The van der Waals surface area contributed by atoms with Crippen molar-refractivity contribution in [3.63, 3.8) is 0 Å². The van der Waals surface area contributed by atoms with Gasteiger partial charge in [-0.05, 0) is 32.9 Å². The van der Waals surface area contributed by atoms with E-state index in [0.717, 1.165) is 0 Å². The zero-order valence-corrected chi connectivity index (χ0v) is 10.2. The lowest BCUT2D eigenvalue weighted by molar-refractivity contribution is -0.160. The largest absolute Gasteiger partial charge is 0.453 e. The molecular weight excluding hydrogens is 220 g/mol.